The zero-order chi connectivity index (χ0) is 26.6. The average molecular weight is 516 g/mol. The number of nitrogens with zero attached hydrogens (tertiary/aromatic N) is 2. The Hall–Kier alpha value is -3.61. The van der Waals surface area contributed by atoms with Crippen molar-refractivity contribution in [2.45, 2.75) is 76.8 Å². The van der Waals surface area contributed by atoms with Crippen LogP contribution < -0.4 is 5.32 Å². The first-order valence-electron chi connectivity index (χ1n) is 13.6. The van der Waals surface area contributed by atoms with Crippen molar-refractivity contribution in [1.82, 2.24) is 5.32 Å². The molecule has 1 amide bonds. The second-order valence-corrected chi connectivity index (χ2v) is 10.5. The number of aryl methyl sites for hydroxylation is 2. The maximum Gasteiger partial charge on any atom is 0.303 e. The van der Waals surface area contributed by atoms with E-state index >= 15 is 0 Å². The quantitative estimate of drug-likeness (QED) is 0.424. The largest absolute Gasteiger partial charge is 0.481 e. The first-order valence-corrected chi connectivity index (χ1v) is 13.6. The summed E-state index contributed by atoms with van der Waals surface area (Å²) in [5.74, 6) is -0.978. The van der Waals surface area contributed by atoms with Crippen LogP contribution >= 0.6 is 0 Å². The lowest BCUT2D eigenvalue weighted by Crippen LogP contribution is -2.34. The highest BCUT2D eigenvalue weighted by Gasteiger charge is 2.30. The molecule has 1 aromatic carbocycles. The van der Waals surface area contributed by atoms with Crippen LogP contribution in [-0.4, -0.2) is 34.4 Å². The molecule has 1 aromatic rings. The predicted molar refractivity (Wildman–Crippen MR) is 147 cm³/mol. The van der Waals surface area contributed by atoms with Crippen LogP contribution in [0.1, 0.15) is 74.1 Å². The molecule has 0 fully saturated rings. The molecule has 4 aliphatic rings. The van der Waals surface area contributed by atoms with Crippen molar-refractivity contribution in [1.29, 1.82) is 0 Å². The van der Waals surface area contributed by atoms with Gasteiger partial charge in [-0.1, -0.05) is 36.4 Å². The molecule has 7 heteroatoms. The molecule has 0 spiro atoms. The summed E-state index contributed by atoms with van der Waals surface area (Å²) >= 11 is 0. The van der Waals surface area contributed by atoms with Crippen molar-refractivity contribution in [2.75, 3.05) is 0 Å². The van der Waals surface area contributed by atoms with Crippen LogP contribution in [0.25, 0.3) is 0 Å². The van der Waals surface area contributed by atoms with Crippen molar-refractivity contribution in [3.63, 3.8) is 0 Å². The summed E-state index contributed by atoms with van der Waals surface area (Å²) in [7, 11) is 0. The van der Waals surface area contributed by atoms with Gasteiger partial charge in [-0.2, -0.15) is 0 Å². The number of halogens is 1. The number of carbonyl (C=O) groups is 2. The van der Waals surface area contributed by atoms with Gasteiger partial charge in [0.2, 0.25) is 0 Å². The lowest BCUT2D eigenvalue weighted by atomic mass is 9.86. The van der Waals surface area contributed by atoms with E-state index in [1.807, 2.05) is 30.4 Å². The zero-order valence-electron chi connectivity index (χ0n) is 21.8. The number of aliphatic imine (C=N–C) groups is 2. The number of benzene rings is 1. The van der Waals surface area contributed by atoms with Crippen LogP contribution in [0.15, 0.2) is 69.8 Å². The van der Waals surface area contributed by atoms with Gasteiger partial charge in [0.25, 0.3) is 5.91 Å². The Labute approximate surface area is 222 Å². The van der Waals surface area contributed by atoms with Gasteiger partial charge in [-0.3, -0.25) is 19.6 Å². The highest BCUT2D eigenvalue weighted by Crippen LogP contribution is 2.33. The summed E-state index contributed by atoms with van der Waals surface area (Å²) in [6.45, 7) is 1.76. The molecule has 1 heterocycles. The molecule has 5 rings (SSSR count). The Morgan fingerprint density at radius 2 is 2.05 bits per heavy atom. The van der Waals surface area contributed by atoms with Crippen molar-refractivity contribution in [3.8, 4) is 0 Å². The maximum absolute atomic E-state index is 14.1. The van der Waals surface area contributed by atoms with Crippen LogP contribution in [0.4, 0.5) is 4.39 Å². The lowest BCUT2D eigenvalue weighted by Gasteiger charge is -2.29. The van der Waals surface area contributed by atoms with Crippen molar-refractivity contribution in [2.24, 2.45) is 15.9 Å². The Morgan fingerprint density at radius 3 is 2.84 bits per heavy atom. The van der Waals surface area contributed by atoms with E-state index in [2.05, 4.69) is 17.5 Å². The van der Waals surface area contributed by atoms with Crippen LogP contribution in [0.5, 0.6) is 0 Å². The van der Waals surface area contributed by atoms with Gasteiger partial charge >= 0.3 is 5.97 Å². The number of carboxylic acid groups (broad SMARTS) is 1. The molecule has 0 saturated carbocycles. The number of rotatable bonds is 8. The second kappa shape index (κ2) is 11.4. The van der Waals surface area contributed by atoms with E-state index in [-0.39, 0.29) is 36.1 Å². The fraction of sp³-hybridized carbons (Fsp3) is 0.419. The van der Waals surface area contributed by atoms with Gasteiger partial charge in [-0.05, 0) is 87.1 Å². The van der Waals surface area contributed by atoms with Gasteiger partial charge in [0, 0.05) is 17.9 Å². The molecule has 2 N–H and O–H groups in total. The molecule has 0 radical (unpaired) electrons. The number of nitrogens with one attached hydrogen (secondary N) is 1. The summed E-state index contributed by atoms with van der Waals surface area (Å²) in [6, 6.07) is 3.21. The molecule has 0 bridgehead atoms. The number of carboxylic acids is 1. The second-order valence-electron chi connectivity index (χ2n) is 10.5. The van der Waals surface area contributed by atoms with Gasteiger partial charge in [-0.25, -0.2) is 4.39 Å². The minimum Gasteiger partial charge on any atom is -0.481 e. The number of amides is 1. The Kier molecular flexibility index (Phi) is 7.82. The predicted octanol–water partition coefficient (Wildman–Crippen LogP) is 5.88. The van der Waals surface area contributed by atoms with E-state index in [1.165, 1.54) is 0 Å². The summed E-state index contributed by atoms with van der Waals surface area (Å²) in [5, 5.41) is 12.2. The van der Waals surface area contributed by atoms with E-state index in [0.717, 1.165) is 60.4 Å². The van der Waals surface area contributed by atoms with Gasteiger partial charge in [0.1, 0.15) is 5.82 Å². The Balaban J connectivity index is 1.33. The van der Waals surface area contributed by atoms with Crippen molar-refractivity contribution in [3.05, 3.63) is 82.4 Å². The standard InChI is InChI=1S/C31H34FN3O3/c1-19-16-23-21(17-24(19)32)10-7-12-25(23)35-31(38)22-14-15-26-28(18-22)33-27(11-5-6-13-29(36)37)30(34-26)20-8-3-2-4-9-20/h2-4,8,14,16-18,20,25-26H,5-7,9-13,15H2,1H3,(H,35,38)(H,36,37)/t20?,25-,26?/m0/s1. The molecule has 3 aliphatic carbocycles. The number of fused-ring (bicyclic) bond motifs is 2. The normalized spacial score (nSPS) is 23.9. The summed E-state index contributed by atoms with van der Waals surface area (Å²) in [5.41, 5.74) is 5.81. The van der Waals surface area contributed by atoms with Crippen LogP contribution in [0.2, 0.25) is 0 Å². The molecule has 0 saturated heterocycles. The molecule has 38 heavy (non-hydrogen) atoms. The molecule has 6 nitrogen and oxygen atoms in total. The van der Waals surface area contributed by atoms with E-state index in [4.69, 9.17) is 15.1 Å². The number of unbranched alkanes of at least 4 members (excludes halogenated alkanes) is 1. The Bertz CT molecular complexity index is 1320. The van der Waals surface area contributed by atoms with Gasteiger partial charge in [0.05, 0.1) is 29.2 Å². The smallest absolute Gasteiger partial charge is 0.303 e. The van der Waals surface area contributed by atoms with Crippen LogP contribution in [0.3, 0.4) is 0 Å². The first-order chi connectivity index (χ1) is 18.4. The molecule has 0 aromatic heterocycles. The number of allylic oxidation sites excluding steroid dienone is 4. The highest BCUT2D eigenvalue weighted by atomic mass is 19.1. The summed E-state index contributed by atoms with van der Waals surface area (Å²) in [4.78, 5) is 34.3. The third-order valence-electron chi connectivity index (χ3n) is 7.75. The van der Waals surface area contributed by atoms with Crippen molar-refractivity contribution >= 4 is 23.3 Å². The number of carbonyl (C=O) groups excluding carboxylic acids is 1. The molecule has 1 aliphatic heterocycles. The fourth-order valence-electron chi connectivity index (χ4n) is 5.69. The minimum atomic E-state index is -0.790. The van der Waals surface area contributed by atoms with Crippen LogP contribution in [-0.2, 0) is 16.0 Å². The first kappa shape index (κ1) is 26.0. The number of hydrogen-bond donors (Lipinski definition) is 2. The van der Waals surface area contributed by atoms with Gasteiger partial charge < -0.3 is 10.4 Å². The third-order valence-corrected chi connectivity index (χ3v) is 7.75. The monoisotopic (exact) mass is 515 g/mol. The minimum absolute atomic E-state index is 0.121. The lowest BCUT2D eigenvalue weighted by molar-refractivity contribution is -0.137. The van der Waals surface area contributed by atoms with E-state index < -0.39 is 5.97 Å². The highest BCUT2D eigenvalue weighted by molar-refractivity contribution is 6.44. The topological polar surface area (TPSA) is 91.1 Å². The van der Waals surface area contributed by atoms with Gasteiger partial charge in [0.15, 0.2) is 0 Å². The number of aliphatic carboxylic acids is 1. The third kappa shape index (κ3) is 5.77. The molecular weight excluding hydrogens is 481 g/mol. The molecular formula is C31H34FN3O3. The molecule has 2 unspecified atom stereocenters. The molecule has 198 valence electrons. The Morgan fingerprint density at radius 1 is 1.18 bits per heavy atom. The van der Waals surface area contributed by atoms with Crippen LogP contribution in [0, 0.1) is 18.7 Å². The van der Waals surface area contributed by atoms with E-state index in [9.17, 15) is 14.0 Å². The fourth-order valence-corrected chi connectivity index (χ4v) is 5.69. The van der Waals surface area contributed by atoms with Crippen molar-refractivity contribution < 1.29 is 19.1 Å². The average Bonchev–Trinajstić information content (AvgIpc) is 2.91. The zero-order valence-corrected chi connectivity index (χ0v) is 21.8. The summed E-state index contributed by atoms with van der Waals surface area (Å²) in [6.07, 6.45) is 18.3. The SMILES string of the molecule is Cc1cc2c(cc1F)CCC[C@@H]2NC(=O)C1=CCC2N=C(C3C=CC=CC3)C(CCCCC(=O)O)=NC2=C1. The van der Waals surface area contributed by atoms with E-state index in [1.54, 1.807) is 13.0 Å². The summed E-state index contributed by atoms with van der Waals surface area (Å²) < 4.78 is 14.1. The molecule has 3 atom stereocenters. The van der Waals surface area contributed by atoms with E-state index in [0.29, 0.717) is 30.4 Å². The van der Waals surface area contributed by atoms with Gasteiger partial charge in [-0.15, -0.1) is 0 Å². The maximum atomic E-state index is 14.1. The number of hydrogen-bond acceptors (Lipinski definition) is 4.